The Morgan fingerprint density at radius 1 is 1.19 bits per heavy atom. The molecular weight excluding hydrogens is 262 g/mol. The Balaban J connectivity index is 1.53. The Bertz CT molecular complexity index is 367. The monoisotopic (exact) mass is 293 g/mol. The Kier molecular flexibility index (Phi) is 4.06. The number of rotatable bonds is 6. The summed E-state index contributed by atoms with van der Waals surface area (Å²) in [7, 11) is 0. The van der Waals surface area contributed by atoms with Gasteiger partial charge in [-0.2, -0.15) is 0 Å². The van der Waals surface area contributed by atoms with Gasteiger partial charge < -0.3 is 10.4 Å². The highest BCUT2D eigenvalue weighted by atomic mass is 16.3. The number of hydrogen-bond acceptors (Lipinski definition) is 2. The van der Waals surface area contributed by atoms with Gasteiger partial charge in [-0.3, -0.25) is 4.79 Å². The van der Waals surface area contributed by atoms with Crippen LogP contribution in [0.3, 0.4) is 0 Å². The molecule has 3 heteroatoms. The summed E-state index contributed by atoms with van der Waals surface area (Å²) in [4.78, 5) is 12.4. The fourth-order valence-corrected chi connectivity index (χ4v) is 5.83. The van der Waals surface area contributed by atoms with Crippen molar-refractivity contribution in [1.29, 1.82) is 0 Å². The smallest absolute Gasteiger partial charge is 0.220 e. The zero-order valence-electron chi connectivity index (χ0n) is 13.7. The Hall–Kier alpha value is -0.570. The first-order chi connectivity index (χ1) is 9.90. The van der Waals surface area contributed by atoms with Gasteiger partial charge in [0.25, 0.3) is 0 Å². The van der Waals surface area contributed by atoms with Crippen LogP contribution >= 0.6 is 0 Å². The fraction of sp³-hybridized carbons (Fsp3) is 0.944. The third-order valence-corrected chi connectivity index (χ3v) is 6.16. The van der Waals surface area contributed by atoms with Gasteiger partial charge in [0.05, 0.1) is 5.60 Å². The first-order valence-electron chi connectivity index (χ1n) is 8.89. The van der Waals surface area contributed by atoms with Gasteiger partial charge in [-0.25, -0.2) is 0 Å². The zero-order valence-corrected chi connectivity index (χ0v) is 13.7. The van der Waals surface area contributed by atoms with Gasteiger partial charge >= 0.3 is 0 Å². The van der Waals surface area contributed by atoms with Gasteiger partial charge in [-0.05, 0) is 75.0 Å². The molecule has 4 rings (SSSR count). The first-order valence-corrected chi connectivity index (χ1v) is 8.89. The van der Waals surface area contributed by atoms with Gasteiger partial charge in [0, 0.05) is 13.0 Å². The maximum atomic E-state index is 12.4. The molecular formula is C18H31NO2. The van der Waals surface area contributed by atoms with Crippen molar-refractivity contribution in [2.24, 2.45) is 23.2 Å². The molecule has 4 bridgehead atoms. The highest BCUT2D eigenvalue weighted by Crippen LogP contribution is 2.61. The standard InChI is InChI=1S/C18H31NO2/c1-3-4-17(2,21)12-19-16(20)11-18-8-13-5-14(9-18)7-15(6-13)10-18/h13-15,21H,3-12H2,1-2H3,(H,19,20). The Morgan fingerprint density at radius 2 is 1.71 bits per heavy atom. The van der Waals surface area contributed by atoms with Gasteiger partial charge in [0.2, 0.25) is 5.91 Å². The van der Waals surface area contributed by atoms with Gasteiger partial charge in [-0.1, -0.05) is 13.3 Å². The van der Waals surface area contributed by atoms with Crippen molar-refractivity contribution in [3.63, 3.8) is 0 Å². The van der Waals surface area contributed by atoms with Crippen LogP contribution in [0.2, 0.25) is 0 Å². The molecule has 0 aliphatic heterocycles. The van der Waals surface area contributed by atoms with Crippen LogP contribution in [0.25, 0.3) is 0 Å². The number of carbonyl (C=O) groups excluding carboxylic acids is 1. The van der Waals surface area contributed by atoms with E-state index >= 15 is 0 Å². The normalized spacial score (nSPS) is 40.0. The van der Waals surface area contributed by atoms with E-state index in [0.717, 1.165) is 30.6 Å². The lowest BCUT2D eigenvalue weighted by molar-refractivity contribution is -0.130. The van der Waals surface area contributed by atoms with E-state index in [-0.39, 0.29) is 5.91 Å². The number of hydrogen-bond donors (Lipinski definition) is 2. The van der Waals surface area contributed by atoms with Crippen LogP contribution in [0.1, 0.15) is 71.6 Å². The Morgan fingerprint density at radius 3 is 2.19 bits per heavy atom. The number of aliphatic hydroxyl groups is 1. The summed E-state index contributed by atoms with van der Waals surface area (Å²) in [6, 6.07) is 0. The molecule has 2 N–H and O–H groups in total. The molecule has 4 aliphatic carbocycles. The molecule has 1 atom stereocenters. The molecule has 4 fully saturated rings. The lowest BCUT2D eigenvalue weighted by atomic mass is 9.49. The Labute approximate surface area is 128 Å². The molecule has 4 aliphatic rings. The van der Waals surface area contributed by atoms with Gasteiger partial charge in [-0.15, -0.1) is 0 Å². The number of carbonyl (C=O) groups is 1. The third kappa shape index (κ3) is 3.44. The van der Waals surface area contributed by atoms with E-state index in [1.54, 1.807) is 0 Å². The summed E-state index contributed by atoms with van der Waals surface area (Å²) in [5.74, 6) is 2.85. The summed E-state index contributed by atoms with van der Waals surface area (Å²) < 4.78 is 0. The van der Waals surface area contributed by atoms with E-state index in [2.05, 4.69) is 12.2 Å². The molecule has 0 radical (unpaired) electrons. The van der Waals surface area contributed by atoms with Crippen molar-refractivity contribution in [3.05, 3.63) is 0 Å². The maximum Gasteiger partial charge on any atom is 0.220 e. The average molecular weight is 293 g/mol. The van der Waals surface area contributed by atoms with Crippen LogP contribution in [0.4, 0.5) is 0 Å². The van der Waals surface area contributed by atoms with Crippen LogP contribution in [-0.4, -0.2) is 23.2 Å². The van der Waals surface area contributed by atoms with Crippen molar-refractivity contribution in [2.45, 2.75) is 77.2 Å². The fourth-order valence-electron chi connectivity index (χ4n) is 5.83. The third-order valence-electron chi connectivity index (χ3n) is 6.16. The number of amides is 1. The van der Waals surface area contributed by atoms with Crippen molar-refractivity contribution < 1.29 is 9.90 Å². The second-order valence-electron chi connectivity index (χ2n) is 8.62. The summed E-state index contributed by atoms with van der Waals surface area (Å²) in [6.45, 7) is 4.28. The summed E-state index contributed by atoms with van der Waals surface area (Å²) >= 11 is 0. The van der Waals surface area contributed by atoms with E-state index in [9.17, 15) is 9.90 Å². The lowest BCUT2D eigenvalue weighted by Gasteiger charge is -2.56. The average Bonchev–Trinajstić information content (AvgIpc) is 2.34. The minimum atomic E-state index is -0.758. The van der Waals surface area contributed by atoms with Crippen LogP contribution in [0.5, 0.6) is 0 Å². The van der Waals surface area contributed by atoms with E-state index in [1.165, 1.54) is 38.5 Å². The molecule has 1 unspecified atom stereocenters. The minimum Gasteiger partial charge on any atom is -0.388 e. The molecule has 0 saturated heterocycles. The first kappa shape index (κ1) is 15.3. The minimum absolute atomic E-state index is 0.160. The molecule has 3 nitrogen and oxygen atoms in total. The maximum absolute atomic E-state index is 12.4. The van der Waals surface area contributed by atoms with E-state index < -0.39 is 5.60 Å². The SMILES string of the molecule is CCCC(C)(O)CNC(=O)CC12CC3CC(CC(C3)C1)C2. The molecule has 0 aromatic carbocycles. The van der Waals surface area contributed by atoms with Crippen molar-refractivity contribution >= 4 is 5.91 Å². The van der Waals surface area contributed by atoms with Crippen LogP contribution in [-0.2, 0) is 4.79 Å². The summed E-state index contributed by atoms with van der Waals surface area (Å²) in [5, 5.41) is 13.2. The number of nitrogens with one attached hydrogen (secondary N) is 1. The predicted molar refractivity (Wildman–Crippen MR) is 83.8 cm³/mol. The zero-order chi connectivity index (χ0) is 15.1. The summed E-state index contributed by atoms with van der Waals surface area (Å²) in [5.41, 5.74) is -0.457. The quantitative estimate of drug-likeness (QED) is 0.789. The molecule has 120 valence electrons. The van der Waals surface area contributed by atoms with Crippen LogP contribution < -0.4 is 5.32 Å². The topological polar surface area (TPSA) is 49.3 Å². The second-order valence-corrected chi connectivity index (χ2v) is 8.62. The highest BCUT2D eigenvalue weighted by Gasteiger charge is 2.51. The summed E-state index contributed by atoms with van der Waals surface area (Å²) in [6.07, 6.45) is 10.5. The van der Waals surface area contributed by atoms with E-state index in [0.29, 0.717) is 18.4 Å². The second kappa shape index (κ2) is 5.57. The van der Waals surface area contributed by atoms with Crippen molar-refractivity contribution in [1.82, 2.24) is 5.32 Å². The molecule has 0 aromatic heterocycles. The van der Waals surface area contributed by atoms with Crippen LogP contribution in [0.15, 0.2) is 0 Å². The molecule has 0 spiro atoms. The molecule has 21 heavy (non-hydrogen) atoms. The van der Waals surface area contributed by atoms with Crippen molar-refractivity contribution in [3.8, 4) is 0 Å². The van der Waals surface area contributed by atoms with Crippen molar-refractivity contribution in [2.75, 3.05) is 6.54 Å². The van der Waals surface area contributed by atoms with Gasteiger partial charge in [0.15, 0.2) is 0 Å². The van der Waals surface area contributed by atoms with Gasteiger partial charge in [0.1, 0.15) is 0 Å². The molecule has 1 amide bonds. The molecule has 4 saturated carbocycles. The molecule has 0 aromatic rings. The lowest BCUT2D eigenvalue weighted by Crippen LogP contribution is -2.49. The highest BCUT2D eigenvalue weighted by molar-refractivity contribution is 5.76. The van der Waals surface area contributed by atoms with E-state index in [4.69, 9.17) is 0 Å². The largest absolute Gasteiger partial charge is 0.388 e. The van der Waals surface area contributed by atoms with Crippen LogP contribution in [0, 0.1) is 23.2 Å². The predicted octanol–water partition coefficient (Wildman–Crippen LogP) is 3.26. The molecule has 0 heterocycles. The van der Waals surface area contributed by atoms with E-state index in [1.807, 2.05) is 6.92 Å².